The van der Waals surface area contributed by atoms with Gasteiger partial charge in [0.25, 0.3) is 0 Å². The van der Waals surface area contributed by atoms with Gasteiger partial charge >= 0.3 is 0 Å². The van der Waals surface area contributed by atoms with Crippen molar-refractivity contribution in [1.82, 2.24) is 5.32 Å². The maximum absolute atomic E-state index is 13.7. The van der Waals surface area contributed by atoms with Crippen LogP contribution in [0.2, 0.25) is 0 Å². The second kappa shape index (κ2) is 6.83. The van der Waals surface area contributed by atoms with Crippen LogP contribution in [0.1, 0.15) is 24.5 Å². The highest BCUT2D eigenvalue weighted by Gasteiger charge is 2.23. The van der Waals surface area contributed by atoms with Crippen molar-refractivity contribution in [2.45, 2.75) is 25.0 Å². The maximum atomic E-state index is 13.7. The molecule has 3 nitrogen and oxygen atoms in total. The third-order valence-electron chi connectivity index (χ3n) is 3.03. The van der Waals surface area contributed by atoms with E-state index in [0.29, 0.717) is 31.4 Å². The van der Waals surface area contributed by atoms with Gasteiger partial charge in [-0.1, -0.05) is 18.2 Å². The molecule has 0 radical (unpaired) electrons. The molecule has 1 aliphatic rings. The molecule has 2 rings (SSSR count). The molecular formula is C14H20FNO2. The quantitative estimate of drug-likeness (QED) is 0.721. The smallest absolute Gasteiger partial charge is 0.129 e. The highest BCUT2D eigenvalue weighted by molar-refractivity contribution is 5.20. The Morgan fingerprint density at radius 1 is 1.33 bits per heavy atom. The SMILES string of the molecule is COCCOC(CNC1CC1)c1ccccc1F. The minimum Gasteiger partial charge on any atom is -0.382 e. The van der Waals surface area contributed by atoms with E-state index in [2.05, 4.69) is 5.32 Å². The lowest BCUT2D eigenvalue weighted by Crippen LogP contribution is -2.26. The summed E-state index contributed by atoms with van der Waals surface area (Å²) in [5.41, 5.74) is 0.613. The first-order valence-corrected chi connectivity index (χ1v) is 6.39. The molecule has 0 aliphatic heterocycles. The summed E-state index contributed by atoms with van der Waals surface area (Å²) in [5, 5.41) is 3.38. The lowest BCUT2D eigenvalue weighted by molar-refractivity contribution is 0.0148. The Bertz CT molecular complexity index is 369. The predicted octanol–water partition coefficient (Wildman–Crippen LogP) is 2.28. The van der Waals surface area contributed by atoms with E-state index in [-0.39, 0.29) is 11.9 Å². The van der Waals surface area contributed by atoms with Gasteiger partial charge in [0.2, 0.25) is 0 Å². The Kier molecular flexibility index (Phi) is 5.11. The third-order valence-corrected chi connectivity index (χ3v) is 3.03. The van der Waals surface area contributed by atoms with E-state index >= 15 is 0 Å². The van der Waals surface area contributed by atoms with Crippen molar-refractivity contribution < 1.29 is 13.9 Å². The zero-order valence-electron chi connectivity index (χ0n) is 10.7. The largest absolute Gasteiger partial charge is 0.382 e. The molecule has 0 spiro atoms. The fourth-order valence-electron chi connectivity index (χ4n) is 1.83. The van der Waals surface area contributed by atoms with Crippen molar-refractivity contribution in [3.05, 3.63) is 35.6 Å². The van der Waals surface area contributed by atoms with E-state index in [1.807, 2.05) is 6.07 Å². The second-order valence-corrected chi connectivity index (χ2v) is 4.56. The molecule has 1 aromatic rings. The van der Waals surface area contributed by atoms with Gasteiger partial charge in [0.05, 0.1) is 19.3 Å². The number of nitrogens with one attached hydrogen (secondary N) is 1. The number of benzene rings is 1. The first-order chi connectivity index (χ1) is 8.81. The molecule has 1 fully saturated rings. The fourth-order valence-corrected chi connectivity index (χ4v) is 1.83. The predicted molar refractivity (Wildman–Crippen MR) is 68.0 cm³/mol. The highest BCUT2D eigenvalue weighted by atomic mass is 19.1. The molecule has 1 N–H and O–H groups in total. The van der Waals surface area contributed by atoms with Gasteiger partial charge in [0, 0.05) is 25.3 Å². The Hall–Kier alpha value is -0.970. The van der Waals surface area contributed by atoms with E-state index in [4.69, 9.17) is 9.47 Å². The number of methoxy groups -OCH3 is 1. The summed E-state index contributed by atoms with van der Waals surface area (Å²) in [7, 11) is 1.63. The molecule has 1 aromatic carbocycles. The van der Waals surface area contributed by atoms with E-state index in [9.17, 15) is 4.39 Å². The van der Waals surface area contributed by atoms with Crippen molar-refractivity contribution >= 4 is 0 Å². The van der Waals surface area contributed by atoms with E-state index < -0.39 is 0 Å². The zero-order valence-corrected chi connectivity index (χ0v) is 10.7. The zero-order chi connectivity index (χ0) is 12.8. The van der Waals surface area contributed by atoms with Crippen molar-refractivity contribution in [1.29, 1.82) is 0 Å². The van der Waals surface area contributed by atoms with Gasteiger partial charge in [-0.25, -0.2) is 4.39 Å². The first kappa shape index (κ1) is 13.5. The molecule has 1 saturated carbocycles. The van der Waals surface area contributed by atoms with Crippen molar-refractivity contribution in [2.24, 2.45) is 0 Å². The third kappa shape index (κ3) is 4.05. The fraction of sp³-hybridized carbons (Fsp3) is 0.571. The summed E-state index contributed by atoms with van der Waals surface area (Å²) >= 11 is 0. The molecule has 0 heterocycles. The summed E-state index contributed by atoms with van der Waals surface area (Å²) in [6, 6.07) is 7.37. The van der Waals surface area contributed by atoms with Crippen LogP contribution >= 0.6 is 0 Å². The van der Waals surface area contributed by atoms with Gasteiger partial charge in [-0.2, -0.15) is 0 Å². The molecule has 100 valence electrons. The van der Waals surface area contributed by atoms with E-state index in [1.165, 1.54) is 18.9 Å². The van der Waals surface area contributed by atoms with Gasteiger partial charge in [0.1, 0.15) is 5.82 Å². The van der Waals surface area contributed by atoms with E-state index in [0.717, 1.165) is 0 Å². The van der Waals surface area contributed by atoms with E-state index in [1.54, 1.807) is 19.2 Å². The maximum Gasteiger partial charge on any atom is 0.129 e. The van der Waals surface area contributed by atoms with Crippen LogP contribution in [0, 0.1) is 5.82 Å². The minimum atomic E-state index is -0.248. The average Bonchev–Trinajstić information content (AvgIpc) is 3.19. The van der Waals surface area contributed by atoms with Crippen molar-refractivity contribution in [3.8, 4) is 0 Å². The van der Waals surface area contributed by atoms with Gasteiger partial charge in [-0.3, -0.25) is 0 Å². The molecule has 18 heavy (non-hydrogen) atoms. The van der Waals surface area contributed by atoms with Crippen LogP contribution in [-0.4, -0.2) is 32.9 Å². The van der Waals surface area contributed by atoms with Gasteiger partial charge < -0.3 is 14.8 Å². The second-order valence-electron chi connectivity index (χ2n) is 4.56. The summed E-state index contributed by atoms with van der Waals surface area (Å²) in [6.07, 6.45) is 2.17. The van der Waals surface area contributed by atoms with Crippen LogP contribution in [-0.2, 0) is 9.47 Å². The molecule has 1 unspecified atom stereocenters. The summed E-state index contributed by atoms with van der Waals surface area (Å²) < 4.78 is 24.4. The monoisotopic (exact) mass is 253 g/mol. The van der Waals surface area contributed by atoms with Crippen LogP contribution < -0.4 is 5.32 Å². The lowest BCUT2D eigenvalue weighted by atomic mass is 10.1. The average molecular weight is 253 g/mol. The molecule has 0 aromatic heterocycles. The molecule has 1 atom stereocenters. The van der Waals surface area contributed by atoms with Crippen LogP contribution in [0.5, 0.6) is 0 Å². The van der Waals surface area contributed by atoms with Crippen molar-refractivity contribution in [3.63, 3.8) is 0 Å². The highest BCUT2D eigenvalue weighted by Crippen LogP contribution is 2.23. The number of halogens is 1. The minimum absolute atomic E-state index is 0.211. The Morgan fingerprint density at radius 2 is 2.11 bits per heavy atom. The summed E-state index contributed by atoms with van der Waals surface area (Å²) in [6.45, 7) is 1.64. The molecule has 0 bridgehead atoms. The van der Waals surface area contributed by atoms with Gasteiger partial charge in [-0.05, 0) is 18.9 Å². The topological polar surface area (TPSA) is 30.5 Å². The van der Waals surface area contributed by atoms with Gasteiger partial charge in [0.15, 0.2) is 0 Å². The van der Waals surface area contributed by atoms with Crippen LogP contribution in [0.25, 0.3) is 0 Å². The number of hydrogen-bond acceptors (Lipinski definition) is 3. The van der Waals surface area contributed by atoms with Crippen molar-refractivity contribution in [2.75, 3.05) is 26.9 Å². The lowest BCUT2D eigenvalue weighted by Gasteiger charge is -2.19. The van der Waals surface area contributed by atoms with Crippen LogP contribution in [0.4, 0.5) is 4.39 Å². The molecule has 0 amide bonds. The number of hydrogen-bond donors (Lipinski definition) is 1. The molecular weight excluding hydrogens is 233 g/mol. The standard InChI is InChI=1S/C14H20FNO2/c1-17-8-9-18-14(10-16-11-6-7-11)12-4-2-3-5-13(12)15/h2-5,11,14,16H,6-10H2,1H3. The van der Waals surface area contributed by atoms with Crippen LogP contribution in [0.15, 0.2) is 24.3 Å². The Morgan fingerprint density at radius 3 is 2.78 bits per heavy atom. The first-order valence-electron chi connectivity index (χ1n) is 6.39. The van der Waals surface area contributed by atoms with Gasteiger partial charge in [-0.15, -0.1) is 0 Å². The molecule has 4 heteroatoms. The van der Waals surface area contributed by atoms with Crippen LogP contribution in [0.3, 0.4) is 0 Å². The molecule has 0 saturated heterocycles. The summed E-state index contributed by atoms with van der Waals surface area (Å²) in [4.78, 5) is 0. The normalized spacial score (nSPS) is 16.8. The summed E-state index contributed by atoms with van der Waals surface area (Å²) in [5.74, 6) is -0.211. The number of ether oxygens (including phenoxy) is 2. The Balaban J connectivity index is 1.95. The number of rotatable bonds is 8. The Labute approximate surface area is 107 Å². The molecule has 1 aliphatic carbocycles.